The van der Waals surface area contributed by atoms with Crippen LogP contribution in [0.4, 0.5) is 18.9 Å². The van der Waals surface area contributed by atoms with E-state index >= 15 is 0 Å². The number of nitrogens with zero attached hydrogens (tertiary/aromatic N) is 3. The molecule has 1 N–H and O–H groups in total. The van der Waals surface area contributed by atoms with Crippen LogP contribution in [0.25, 0.3) is 0 Å². The molecule has 1 fully saturated rings. The van der Waals surface area contributed by atoms with Crippen LogP contribution in [0.5, 0.6) is 0 Å². The van der Waals surface area contributed by atoms with Crippen LogP contribution in [0.1, 0.15) is 22.4 Å². The van der Waals surface area contributed by atoms with Gasteiger partial charge in [0.15, 0.2) is 0 Å². The van der Waals surface area contributed by atoms with Gasteiger partial charge in [0.1, 0.15) is 5.69 Å². The number of piperazine rings is 1. The van der Waals surface area contributed by atoms with E-state index < -0.39 is 11.9 Å². The van der Waals surface area contributed by atoms with Crippen molar-refractivity contribution < 1.29 is 18.0 Å². The Hall–Kier alpha value is -2.45. The molecule has 8 heteroatoms. The van der Waals surface area contributed by atoms with Crippen LogP contribution in [0.3, 0.4) is 0 Å². The molecule has 1 amide bonds. The normalized spacial score (nSPS) is 16.0. The van der Waals surface area contributed by atoms with Crippen LogP contribution in [0, 0.1) is 13.8 Å². The number of rotatable bonds is 5. The molecule has 2 aromatic rings. The monoisotopic (exact) mass is 406 g/mol. The number of amides is 1. The Labute approximate surface area is 168 Å². The molecule has 2 heterocycles. The maximum absolute atomic E-state index is 13.1. The predicted octanol–water partition coefficient (Wildman–Crippen LogP) is 3.47. The summed E-state index contributed by atoms with van der Waals surface area (Å²) in [5, 5.41) is 2.95. The molecule has 1 aliphatic rings. The largest absolute Gasteiger partial charge is 0.433 e. The average molecular weight is 406 g/mol. The molecular formula is C21H25F3N4O. The SMILES string of the molecule is Cc1ccc(C)c(NC(=O)CN2CCN(Cc3cccnc3C(F)(F)F)CC2)c1. The summed E-state index contributed by atoms with van der Waals surface area (Å²) >= 11 is 0. The Morgan fingerprint density at radius 3 is 2.48 bits per heavy atom. The number of aryl methyl sites for hydroxylation is 2. The Balaban J connectivity index is 1.51. The first-order valence-electron chi connectivity index (χ1n) is 9.55. The van der Waals surface area contributed by atoms with Crippen molar-refractivity contribution in [2.24, 2.45) is 0 Å². The quantitative estimate of drug-likeness (QED) is 0.826. The van der Waals surface area contributed by atoms with Crippen molar-refractivity contribution in [3.05, 3.63) is 58.9 Å². The molecule has 0 bridgehead atoms. The van der Waals surface area contributed by atoms with E-state index in [1.807, 2.05) is 41.8 Å². The van der Waals surface area contributed by atoms with Crippen LogP contribution >= 0.6 is 0 Å². The molecule has 1 aromatic carbocycles. The van der Waals surface area contributed by atoms with Crippen LogP contribution in [-0.2, 0) is 17.5 Å². The van der Waals surface area contributed by atoms with Gasteiger partial charge in [0, 0.05) is 44.6 Å². The second-order valence-corrected chi connectivity index (χ2v) is 7.43. The number of hydrogen-bond acceptors (Lipinski definition) is 4. The van der Waals surface area contributed by atoms with Gasteiger partial charge in [0.25, 0.3) is 0 Å². The van der Waals surface area contributed by atoms with Crippen LogP contribution in [0.15, 0.2) is 36.5 Å². The van der Waals surface area contributed by atoms with Crippen molar-refractivity contribution in [1.29, 1.82) is 0 Å². The molecule has 3 rings (SSSR count). The summed E-state index contributed by atoms with van der Waals surface area (Å²) in [4.78, 5) is 19.9. The number of hydrogen-bond donors (Lipinski definition) is 1. The number of alkyl halides is 3. The number of carbonyl (C=O) groups excluding carboxylic acids is 1. The second-order valence-electron chi connectivity index (χ2n) is 7.43. The molecule has 0 saturated carbocycles. The third-order valence-corrected chi connectivity index (χ3v) is 5.05. The van der Waals surface area contributed by atoms with Crippen LogP contribution < -0.4 is 5.32 Å². The molecule has 156 valence electrons. The predicted molar refractivity (Wildman–Crippen MR) is 106 cm³/mol. The second kappa shape index (κ2) is 8.92. The summed E-state index contributed by atoms with van der Waals surface area (Å²) in [6, 6.07) is 8.91. The summed E-state index contributed by atoms with van der Waals surface area (Å²) in [7, 11) is 0. The highest BCUT2D eigenvalue weighted by molar-refractivity contribution is 5.93. The van der Waals surface area contributed by atoms with E-state index in [0.717, 1.165) is 16.8 Å². The number of benzene rings is 1. The number of pyridine rings is 1. The number of nitrogens with one attached hydrogen (secondary N) is 1. The van der Waals surface area contributed by atoms with E-state index in [1.54, 1.807) is 0 Å². The van der Waals surface area contributed by atoms with Crippen LogP contribution in [-0.4, -0.2) is 53.4 Å². The summed E-state index contributed by atoms with van der Waals surface area (Å²) in [5.74, 6) is -0.0845. The zero-order valence-corrected chi connectivity index (χ0v) is 16.6. The van der Waals surface area contributed by atoms with Crippen molar-refractivity contribution in [3.8, 4) is 0 Å². The van der Waals surface area contributed by atoms with Gasteiger partial charge >= 0.3 is 6.18 Å². The van der Waals surface area contributed by atoms with Crippen molar-refractivity contribution in [3.63, 3.8) is 0 Å². The minimum atomic E-state index is -4.45. The average Bonchev–Trinajstić information content (AvgIpc) is 2.66. The molecule has 1 aromatic heterocycles. The van der Waals surface area contributed by atoms with Gasteiger partial charge in [-0.3, -0.25) is 19.6 Å². The first-order chi connectivity index (χ1) is 13.7. The molecule has 29 heavy (non-hydrogen) atoms. The molecule has 0 aliphatic carbocycles. The van der Waals surface area contributed by atoms with Crippen LogP contribution in [0.2, 0.25) is 0 Å². The number of aromatic nitrogens is 1. The fraction of sp³-hybridized carbons (Fsp3) is 0.429. The molecule has 1 saturated heterocycles. The smallest absolute Gasteiger partial charge is 0.325 e. The number of halogens is 3. The minimum Gasteiger partial charge on any atom is -0.325 e. The lowest BCUT2D eigenvalue weighted by atomic mass is 10.1. The van der Waals surface area contributed by atoms with E-state index in [1.165, 1.54) is 18.3 Å². The van der Waals surface area contributed by atoms with Gasteiger partial charge in [0.05, 0.1) is 6.54 Å². The first kappa shape index (κ1) is 21.3. The van der Waals surface area contributed by atoms with Crippen molar-refractivity contribution >= 4 is 11.6 Å². The van der Waals surface area contributed by atoms with E-state index in [9.17, 15) is 18.0 Å². The minimum absolute atomic E-state index is 0.0845. The molecule has 0 spiro atoms. The lowest BCUT2D eigenvalue weighted by Gasteiger charge is -2.34. The maximum Gasteiger partial charge on any atom is 0.433 e. The lowest BCUT2D eigenvalue weighted by molar-refractivity contribution is -0.142. The Bertz CT molecular complexity index is 861. The van der Waals surface area contributed by atoms with E-state index in [-0.39, 0.29) is 24.6 Å². The fourth-order valence-corrected chi connectivity index (χ4v) is 3.43. The molecule has 1 aliphatic heterocycles. The van der Waals surface area contributed by atoms with Gasteiger partial charge in [0.2, 0.25) is 5.91 Å². The van der Waals surface area contributed by atoms with Gasteiger partial charge in [-0.1, -0.05) is 18.2 Å². The van der Waals surface area contributed by atoms with E-state index in [2.05, 4.69) is 10.3 Å². The molecule has 0 unspecified atom stereocenters. The van der Waals surface area contributed by atoms with Crippen molar-refractivity contribution in [2.75, 3.05) is 38.0 Å². The highest BCUT2D eigenvalue weighted by Crippen LogP contribution is 2.30. The van der Waals surface area contributed by atoms with Gasteiger partial charge < -0.3 is 5.32 Å². The summed E-state index contributed by atoms with van der Waals surface area (Å²) < 4.78 is 39.3. The Kier molecular flexibility index (Phi) is 6.54. The first-order valence-corrected chi connectivity index (χ1v) is 9.55. The lowest BCUT2D eigenvalue weighted by Crippen LogP contribution is -2.48. The zero-order valence-electron chi connectivity index (χ0n) is 16.6. The Morgan fingerprint density at radius 1 is 1.10 bits per heavy atom. The van der Waals surface area contributed by atoms with Crippen molar-refractivity contribution in [1.82, 2.24) is 14.8 Å². The highest BCUT2D eigenvalue weighted by Gasteiger charge is 2.35. The summed E-state index contributed by atoms with van der Waals surface area (Å²) in [6.45, 7) is 6.84. The topological polar surface area (TPSA) is 48.5 Å². The van der Waals surface area contributed by atoms with Crippen molar-refractivity contribution in [2.45, 2.75) is 26.6 Å². The molecule has 0 atom stereocenters. The van der Waals surface area contributed by atoms with Gasteiger partial charge in [-0.15, -0.1) is 0 Å². The zero-order chi connectivity index (χ0) is 21.0. The number of carbonyl (C=O) groups is 1. The fourth-order valence-electron chi connectivity index (χ4n) is 3.43. The Morgan fingerprint density at radius 2 is 1.79 bits per heavy atom. The van der Waals surface area contributed by atoms with E-state index in [0.29, 0.717) is 26.2 Å². The molecule has 0 radical (unpaired) electrons. The van der Waals surface area contributed by atoms with Gasteiger partial charge in [-0.2, -0.15) is 13.2 Å². The summed E-state index contributed by atoms with van der Waals surface area (Å²) in [6.07, 6.45) is -3.29. The molecular weight excluding hydrogens is 381 g/mol. The summed E-state index contributed by atoms with van der Waals surface area (Å²) in [5.41, 5.74) is 2.25. The maximum atomic E-state index is 13.1. The third-order valence-electron chi connectivity index (χ3n) is 5.05. The molecule has 5 nitrogen and oxygen atoms in total. The number of anilines is 1. The van der Waals surface area contributed by atoms with E-state index in [4.69, 9.17) is 0 Å². The van der Waals surface area contributed by atoms with Gasteiger partial charge in [-0.25, -0.2) is 0 Å². The van der Waals surface area contributed by atoms with Gasteiger partial charge in [-0.05, 0) is 42.7 Å². The third kappa shape index (κ3) is 5.77. The standard InChI is InChI=1S/C21H25F3N4O/c1-15-5-6-16(2)18(12-15)26-19(29)14-28-10-8-27(9-11-28)13-17-4-3-7-25-20(17)21(22,23)24/h3-7,12H,8-11,13-14H2,1-2H3,(H,26,29). The highest BCUT2D eigenvalue weighted by atomic mass is 19.4.